The van der Waals surface area contributed by atoms with Crippen molar-refractivity contribution >= 4 is 35.6 Å². The summed E-state index contributed by atoms with van der Waals surface area (Å²) in [4.78, 5) is 3.95. The van der Waals surface area contributed by atoms with Crippen molar-refractivity contribution in [2.24, 2.45) is 0 Å². The lowest BCUT2D eigenvalue weighted by Gasteiger charge is -2.08. The van der Waals surface area contributed by atoms with Gasteiger partial charge >= 0.3 is 0 Å². The van der Waals surface area contributed by atoms with Gasteiger partial charge in [0.15, 0.2) is 0 Å². The summed E-state index contributed by atoms with van der Waals surface area (Å²) in [6, 6.07) is 17.5. The van der Waals surface area contributed by atoms with Gasteiger partial charge in [-0.2, -0.15) is 5.10 Å². The number of unbranched alkanes of at least 4 members (excludes halogenated alkanes) is 1. The largest absolute Gasteiger partial charge is 0.385 e. The Balaban J connectivity index is 0.000000245. The van der Waals surface area contributed by atoms with Gasteiger partial charge in [0.05, 0.1) is 34.0 Å². The topological polar surface area (TPSA) is 44.9 Å². The Labute approximate surface area is 199 Å². The normalized spacial score (nSPS) is 10.2. The average Bonchev–Trinajstić information content (AvgIpc) is 3.47. The molecule has 0 N–H and O–H groups in total. The Morgan fingerprint density at radius 3 is 2.42 bits per heavy atom. The Hall–Kier alpha value is -2.31. The first kappa shape index (κ1) is 25.0. The molecule has 4 rings (SSSR count). The van der Waals surface area contributed by atoms with Gasteiger partial charge in [0.25, 0.3) is 0 Å². The minimum absolute atomic E-state index is 0. The second-order valence-electron chi connectivity index (χ2n) is 6.59. The number of benzene rings is 2. The fraction of sp³-hybridized carbons (Fsp3) is 0.217. The third-order valence-corrected chi connectivity index (χ3v) is 5.17. The smallest absolute Gasteiger partial charge is 0.0945 e. The lowest BCUT2D eigenvalue weighted by Crippen LogP contribution is -1.98. The summed E-state index contributed by atoms with van der Waals surface area (Å²) in [6.07, 6.45) is 9.67. The van der Waals surface area contributed by atoms with E-state index >= 15 is 0 Å². The molecule has 5 nitrogen and oxygen atoms in total. The van der Waals surface area contributed by atoms with E-state index in [1.54, 1.807) is 25.6 Å². The first-order chi connectivity index (χ1) is 14.7. The van der Waals surface area contributed by atoms with Crippen LogP contribution in [-0.2, 0) is 11.3 Å². The number of ether oxygens (including phenoxy) is 1. The van der Waals surface area contributed by atoms with Gasteiger partial charge in [0.1, 0.15) is 0 Å². The molecule has 0 atom stereocenters. The SMILES string of the molecule is COCCCCn1ccnc1.Cl.Clc1ccc(-n2nccc2-c2ccccc2)cc1Cl. The number of hydrogen-bond donors (Lipinski definition) is 0. The first-order valence-electron chi connectivity index (χ1n) is 9.68. The van der Waals surface area contributed by atoms with E-state index in [0.29, 0.717) is 10.0 Å². The molecule has 0 spiro atoms. The van der Waals surface area contributed by atoms with Crippen molar-refractivity contribution in [1.82, 2.24) is 19.3 Å². The summed E-state index contributed by atoms with van der Waals surface area (Å²) in [5.74, 6) is 0. The van der Waals surface area contributed by atoms with Crippen molar-refractivity contribution in [3.63, 3.8) is 0 Å². The van der Waals surface area contributed by atoms with Gasteiger partial charge in [-0.05, 0) is 37.1 Å². The number of methoxy groups -OCH3 is 1. The second-order valence-corrected chi connectivity index (χ2v) is 7.41. The van der Waals surface area contributed by atoms with Crippen LogP contribution in [0.15, 0.2) is 79.5 Å². The standard InChI is InChI=1S/C15H10Cl2N2.C8H14N2O.ClH/c16-13-7-6-12(10-14(13)17)19-15(8-9-18-19)11-4-2-1-3-5-11;1-11-7-3-2-5-10-6-4-9-8-10;/h1-10H;4,6,8H,2-3,5,7H2,1H3;1H. The third kappa shape index (κ3) is 7.40. The first-order valence-corrected chi connectivity index (χ1v) is 10.4. The van der Waals surface area contributed by atoms with Gasteiger partial charge in [0, 0.05) is 38.2 Å². The Bertz CT molecular complexity index is 1020. The van der Waals surface area contributed by atoms with Crippen LogP contribution in [0.4, 0.5) is 0 Å². The molecule has 0 aliphatic rings. The molecule has 4 aromatic rings. The predicted octanol–water partition coefficient (Wildman–Crippen LogP) is 6.58. The molecule has 0 aliphatic heterocycles. The maximum Gasteiger partial charge on any atom is 0.0945 e. The van der Waals surface area contributed by atoms with Gasteiger partial charge in [-0.3, -0.25) is 0 Å². The van der Waals surface area contributed by atoms with E-state index in [2.05, 4.69) is 14.6 Å². The molecule has 0 amide bonds. The van der Waals surface area contributed by atoms with Crippen LogP contribution in [0, 0.1) is 0 Å². The van der Waals surface area contributed by atoms with E-state index < -0.39 is 0 Å². The van der Waals surface area contributed by atoms with Crippen molar-refractivity contribution in [3.8, 4) is 16.9 Å². The summed E-state index contributed by atoms with van der Waals surface area (Å²) in [6.45, 7) is 1.90. The number of rotatable bonds is 7. The zero-order valence-corrected chi connectivity index (χ0v) is 19.5. The van der Waals surface area contributed by atoms with Crippen LogP contribution in [0.3, 0.4) is 0 Å². The summed E-state index contributed by atoms with van der Waals surface area (Å²) in [5, 5.41) is 5.41. The van der Waals surface area contributed by atoms with Gasteiger partial charge in [0.2, 0.25) is 0 Å². The highest BCUT2D eigenvalue weighted by Gasteiger charge is 2.08. The van der Waals surface area contributed by atoms with Crippen molar-refractivity contribution in [2.75, 3.05) is 13.7 Å². The average molecular weight is 480 g/mol. The number of hydrogen-bond acceptors (Lipinski definition) is 3. The second kappa shape index (κ2) is 13.2. The van der Waals surface area contributed by atoms with Gasteiger partial charge < -0.3 is 9.30 Å². The van der Waals surface area contributed by atoms with E-state index in [1.807, 2.05) is 65.7 Å². The van der Waals surface area contributed by atoms with E-state index in [-0.39, 0.29) is 12.4 Å². The Morgan fingerprint density at radius 1 is 0.935 bits per heavy atom. The van der Waals surface area contributed by atoms with E-state index in [1.165, 1.54) is 0 Å². The maximum atomic E-state index is 6.06. The zero-order chi connectivity index (χ0) is 21.2. The van der Waals surface area contributed by atoms with Gasteiger partial charge in [-0.25, -0.2) is 9.67 Å². The summed E-state index contributed by atoms with van der Waals surface area (Å²) in [5.41, 5.74) is 3.00. The molecule has 2 aromatic heterocycles. The predicted molar refractivity (Wildman–Crippen MR) is 130 cm³/mol. The minimum atomic E-state index is 0. The number of halogens is 3. The fourth-order valence-corrected chi connectivity index (χ4v) is 3.21. The summed E-state index contributed by atoms with van der Waals surface area (Å²) in [7, 11) is 1.73. The van der Waals surface area contributed by atoms with Gasteiger partial charge in [-0.1, -0.05) is 53.5 Å². The van der Waals surface area contributed by atoms with Crippen LogP contribution >= 0.6 is 35.6 Å². The van der Waals surface area contributed by atoms with E-state index in [0.717, 1.165) is 42.9 Å². The third-order valence-electron chi connectivity index (χ3n) is 4.43. The molecule has 0 unspecified atom stereocenters. The molecule has 164 valence electrons. The lowest BCUT2D eigenvalue weighted by atomic mass is 10.1. The molecular weight excluding hydrogens is 455 g/mol. The van der Waals surface area contributed by atoms with Crippen LogP contribution < -0.4 is 0 Å². The molecule has 31 heavy (non-hydrogen) atoms. The van der Waals surface area contributed by atoms with Crippen LogP contribution in [0.25, 0.3) is 16.9 Å². The molecule has 2 aromatic carbocycles. The quantitative estimate of drug-likeness (QED) is 0.281. The molecule has 0 fully saturated rings. The molecule has 0 saturated heterocycles. The van der Waals surface area contributed by atoms with Gasteiger partial charge in [-0.15, -0.1) is 12.4 Å². The monoisotopic (exact) mass is 478 g/mol. The molecule has 0 bridgehead atoms. The van der Waals surface area contributed by atoms with Crippen molar-refractivity contribution in [2.45, 2.75) is 19.4 Å². The molecule has 0 aliphatic carbocycles. The summed E-state index contributed by atoms with van der Waals surface area (Å²) < 4.78 is 8.86. The highest BCUT2D eigenvalue weighted by molar-refractivity contribution is 6.42. The van der Waals surface area contributed by atoms with Crippen LogP contribution in [0.1, 0.15) is 12.8 Å². The fourth-order valence-electron chi connectivity index (χ4n) is 2.91. The molecule has 0 radical (unpaired) electrons. The number of nitrogens with zero attached hydrogens (tertiary/aromatic N) is 4. The van der Waals surface area contributed by atoms with Crippen molar-refractivity contribution in [3.05, 3.63) is 89.6 Å². The van der Waals surface area contributed by atoms with Crippen LogP contribution in [0.2, 0.25) is 10.0 Å². The minimum Gasteiger partial charge on any atom is -0.385 e. The van der Waals surface area contributed by atoms with Crippen molar-refractivity contribution < 1.29 is 4.74 Å². The van der Waals surface area contributed by atoms with Crippen LogP contribution in [-0.4, -0.2) is 33.0 Å². The Kier molecular flexibility index (Phi) is 10.6. The van der Waals surface area contributed by atoms with E-state index in [9.17, 15) is 0 Å². The molecule has 0 saturated carbocycles. The molecule has 8 heteroatoms. The maximum absolute atomic E-state index is 6.06. The molecule has 2 heterocycles. The number of aromatic nitrogens is 4. The zero-order valence-electron chi connectivity index (χ0n) is 17.2. The molecular formula is C23H25Cl3N4O. The highest BCUT2D eigenvalue weighted by atomic mass is 35.5. The number of imidazole rings is 1. The van der Waals surface area contributed by atoms with Crippen molar-refractivity contribution in [1.29, 1.82) is 0 Å². The van der Waals surface area contributed by atoms with E-state index in [4.69, 9.17) is 27.9 Å². The number of aryl methyl sites for hydroxylation is 1. The lowest BCUT2D eigenvalue weighted by molar-refractivity contribution is 0.191. The summed E-state index contributed by atoms with van der Waals surface area (Å²) >= 11 is 12.0. The highest BCUT2D eigenvalue weighted by Crippen LogP contribution is 2.27. The Morgan fingerprint density at radius 2 is 1.74 bits per heavy atom. The van der Waals surface area contributed by atoms with Crippen LogP contribution in [0.5, 0.6) is 0 Å².